The van der Waals surface area contributed by atoms with E-state index in [0.717, 1.165) is 24.8 Å². The van der Waals surface area contributed by atoms with Crippen molar-refractivity contribution in [3.63, 3.8) is 0 Å². The van der Waals surface area contributed by atoms with Gasteiger partial charge in [0.1, 0.15) is 0 Å². The van der Waals surface area contributed by atoms with Gasteiger partial charge in [-0.1, -0.05) is 0 Å². The SMILES string of the molecule is CCOC(=O)c1nn(C)cc1C1(CCN)CC1. The van der Waals surface area contributed by atoms with Crippen molar-refractivity contribution in [2.24, 2.45) is 12.8 Å². The van der Waals surface area contributed by atoms with E-state index in [-0.39, 0.29) is 11.4 Å². The molecule has 0 spiro atoms. The molecule has 5 heteroatoms. The lowest BCUT2D eigenvalue weighted by molar-refractivity contribution is 0.0516. The number of nitrogens with two attached hydrogens (primary N) is 1. The van der Waals surface area contributed by atoms with Crippen LogP contribution in [0, 0.1) is 0 Å². The molecule has 0 saturated heterocycles. The van der Waals surface area contributed by atoms with Gasteiger partial charge in [-0.05, 0) is 32.7 Å². The second-order valence-electron chi connectivity index (χ2n) is 4.60. The molecule has 94 valence electrons. The van der Waals surface area contributed by atoms with Crippen LogP contribution in [-0.2, 0) is 17.2 Å². The van der Waals surface area contributed by atoms with Crippen LogP contribution in [0.25, 0.3) is 0 Å². The Hall–Kier alpha value is -1.36. The third-order valence-electron chi connectivity index (χ3n) is 3.35. The summed E-state index contributed by atoms with van der Waals surface area (Å²) in [7, 11) is 1.82. The van der Waals surface area contributed by atoms with Crippen LogP contribution in [0.5, 0.6) is 0 Å². The Morgan fingerprint density at radius 2 is 2.35 bits per heavy atom. The number of hydrogen-bond donors (Lipinski definition) is 1. The molecule has 0 aliphatic heterocycles. The average Bonchev–Trinajstić information content (AvgIpc) is 2.95. The van der Waals surface area contributed by atoms with Crippen molar-refractivity contribution in [2.45, 2.75) is 31.6 Å². The van der Waals surface area contributed by atoms with E-state index in [0.29, 0.717) is 18.8 Å². The van der Waals surface area contributed by atoms with Crippen LogP contribution < -0.4 is 5.73 Å². The van der Waals surface area contributed by atoms with Gasteiger partial charge < -0.3 is 10.5 Å². The van der Waals surface area contributed by atoms with E-state index in [1.54, 1.807) is 11.6 Å². The summed E-state index contributed by atoms with van der Waals surface area (Å²) in [5.74, 6) is -0.327. The predicted octanol–water partition coefficient (Wildman–Crippen LogP) is 0.977. The molecule has 1 aliphatic rings. The maximum Gasteiger partial charge on any atom is 0.359 e. The molecule has 0 unspecified atom stereocenters. The summed E-state index contributed by atoms with van der Waals surface area (Å²) in [6, 6.07) is 0. The van der Waals surface area contributed by atoms with Gasteiger partial charge in [-0.25, -0.2) is 4.79 Å². The first kappa shape index (κ1) is 12.1. The number of carbonyl (C=O) groups is 1. The van der Waals surface area contributed by atoms with Gasteiger partial charge >= 0.3 is 5.97 Å². The molecular weight excluding hydrogens is 218 g/mol. The van der Waals surface area contributed by atoms with Crippen LogP contribution in [0.4, 0.5) is 0 Å². The van der Waals surface area contributed by atoms with Gasteiger partial charge in [0, 0.05) is 24.2 Å². The summed E-state index contributed by atoms with van der Waals surface area (Å²) in [6.45, 7) is 2.81. The maximum atomic E-state index is 11.8. The highest BCUT2D eigenvalue weighted by Crippen LogP contribution is 2.51. The van der Waals surface area contributed by atoms with E-state index in [1.165, 1.54) is 0 Å². The second kappa shape index (κ2) is 4.49. The molecule has 1 heterocycles. The molecule has 0 amide bonds. The first-order valence-corrected chi connectivity index (χ1v) is 6.04. The molecule has 1 aromatic heterocycles. The van der Waals surface area contributed by atoms with Crippen molar-refractivity contribution in [1.82, 2.24) is 9.78 Å². The van der Waals surface area contributed by atoms with Gasteiger partial charge in [-0.2, -0.15) is 5.10 Å². The maximum absolute atomic E-state index is 11.8. The van der Waals surface area contributed by atoms with Gasteiger partial charge in [-0.3, -0.25) is 4.68 Å². The van der Waals surface area contributed by atoms with Crippen LogP contribution in [0.1, 0.15) is 42.2 Å². The molecule has 0 aromatic carbocycles. The average molecular weight is 237 g/mol. The van der Waals surface area contributed by atoms with Gasteiger partial charge in [0.05, 0.1) is 6.61 Å². The van der Waals surface area contributed by atoms with Gasteiger partial charge in [0.2, 0.25) is 0 Å². The van der Waals surface area contributed by atoms with Crippen molar-refractivity contribution in [1.29, 1.82) is 0 Å². The summed E-state index contributed by atoms with van der Waals surface area (Å²) < 4.78 is 6.72. The Bertz CT molecular complexity index is 421. The zero-order valence-corrected chi connectivity index (χ0v) is 10.4. The van der Waals surface area contributed by atoms with Crippen LogP contribution >= 0.6 is 0 Å². The van der Waals surface area contributed by atoms with Crippen LogP contribution in [0.15, 0.2) is 6.20 Å². The van der Waals surface area contributed by atoms with E-state index >= 15 is 0 Å². The second-order valence-corrected chi connectivity index (χ2v) is 4.60. The minimum Gasteiger partial charge on any atom is -0.461 e. The molecule has 2 rings (SSSR count). The summed E-state index contributed by atoms with van der Waals surface area (Å²) in [4.78, 5) is 11.8. The molecular formula is C12H19N3O2. The number of aromatic nitrogens is 2. The minimum absolute atomic E-state index is 0.0745. The number of carbonyl (C=O) groups excluding carboxylic acids is 1. The Morgan fingerprint density at radius 3 is 2.88 bits per heavy atom. The predicted molar refractivity (Wildman–Crippen MR) is 63.7 cm³/mol. The minimum atomic E-state index is -0.327. The molecule has 0 atom stereocenters. The van der Waals surface area contributed by atoms with E-state index < -0.39 is 0 Å². The van der Waals surface area contributed by atoms with Gasteiger partial charge in [0.15, 0.2) is 5.69 Å². The summed E-state index contributed by atoms with van der Waals surface area (Å²) >= 11 is 0. The zero-order valence-electron chi connectivity index (χ0n) is 10.4. The molecule has 1 saturated carbocycles. The molecule has 17 heavy (non-hydrogen) atoms. The highest BCUT2D eigenvalue weighted by Gasteiger charge is 2.47. The molecule has 2 N–H and O–H groups in total. The molecule has 0 bridgehead atoms. The standard InChI is InChI=1S/C12H19N3O2/c1-3-17-11(16)10-9(8-15(2)14-10)12(4-5-12)6-7-13/h8H,3-7,13H2,1-2H3. The lowest BCUT2D eigenvalue weighted by Crippen LogP contribution is -2.17. The largest absolute Gasteiger partial charge is 0.461 e. The van der Waals surface area contributed by atoms with Crippen molar-refractivity contribution >= 4 is 5.97 Å². The van der Waals surface area contributed by atoms with Crippen molar-refractivity contribution in [2.75, 3.05) is 13.2 Å². The summed E-state index contributed by atoms with van der Waals surface area (Å²) in [5.41, 5.74) is 7.18. The Balaban J connectivity index is 2.31. The van der Waals surface area contributed by atoms with E-state index in [1.807, 2.05) is 13.2 Å². The van der Waals surface area contributed by atoms with Crippen LogP contribution in [0.3, 0.4) is 0 Å². The summed E-state index contributed by atoms with van der Waals surface area (Å²) in [6.07, 6.45) is 5.00. The molecule has 1 aromatic rings. The first-order valence-electron chi connectivity index (χ1n) is 6.04. The lowest BCUT2D eigenvalue weighted by Gasteiger charge is -2.13. The Labute approximate surface area is 101 Å². The topological polar surface area (TPSA) is 70.1 Å². The van der Waals surface area contributed by atoms with Crippen LogP contribution in [0.2, 0.25) is 0 Å². The number of ether oxygens (including phenoxy) is 1. The number of nitrogens with zero attached hydrogens (tertiary/aromatic N) is 2. The van der Waals surface area contributed by atoms with Gasteiger partial charge in [0.25, 0.3) is 0 Å². The third-order valence-corrected chi connectivity index (χ3v) is 3.35. The van der Waals surface area contributed by atoms with Crippen LogP contribution in [-0.4, -0.2) is 28.9 Å². The molecule has 0 radical (unpaired) electrons. The Morgan fingerprint density at radius 1 is 1.65 bits per heavy atom. The number of rotatable bonds is 5. The fourth-order valence-electron chi connectivity index (χ4n) is 2.31. The number of hydrogen-bond acceptors (Lipinski definition) is 4. The van der Waals surface area contributed by atoms with E-state index in [4.69, 9.17) is 10.5 Å². The normalized spacial score (nSPS) is 16.9. The molecule has 5 nitrogen and oxygen atoms in total. The fraction of sp³-hybridized carbons (Fsp3) is 0.667. The first-order chi connectivity index (χ1) is 8.13. The van der Waals surface area contributed by atoms with Crippen molar-refractivity contribution in [3.8, 4) is 0 Å². The lowest BCUT2D eigenvalue weighted by atomic mass is 9.93. The number of esters is 1. The quantitative estimate of drug-likeness (QED) is 0.775. The number of aryl methyl sites for hydroxylation is 1. The molecule has 1 aliphatic carbocycles. The van der Waals surface area contributed by atoms with E-state index in [2.05, 4.69) is 5.10 Å². The highest BCUT2D eigenvalue weighted by atomic mass is 16.5. The van der Waals surface area contributed by atoms with Crippen molar-refractivity contribution < 1.29 is 9.53 Å². The third kappa shape index (κ3) is 2.20. The van der Waals surface area contributed by atoms with Crippen molar-refractivity contribution in [3.05, 3.63) is 17.5 Å². The van der Waals surface area contributed by atoms with Gasteiger partial charge in [-0.15, -0.1) is 0 Å². The summed E-state index contributed by atoms with van der Waals surface area (Å²) in [5, 5.41) is 4.22. The molecule has 1 fully saturated rings. The van der Waals surface area contributed by atoms with E-state index in [9.17, 15) is 4.79 Å². The Kier molecular flexibility index (Phi) is 3.19. The highest BCUT2D eigenvalue weighted by molar-refractivity contribution is 5.89. The fourth-order valence-corrected chi connectivity index (χ4v) is 2.31. The monoisotopic (exact) mass is 237 g/mol. The smallest absolute Gasteiger partial charge is 0.359 e. The zero-order chi connectivity index (χ0) is 12.5.